The van der Waals surface area contributed by atoms with Gasteiger partial charge in [0.15, 0.2) is 5.78 Å². The zero-order valence-corrected chi connectivity index (χ0v) is 18.1. The molecular formula is C21H27N3O3S2. The number of ketones is 1. The maximum atomic E-state index is 12.1. The fourth-order valence-corrected chi connectivity index (χ4v) is 4.76. The maximum Gasteiger partial charge on any atom is 0.230 e. The van der Waals surface area contributed by atoms with Crippen LogP contribution in [0.15, 0.2) is 41.1 Å². The second kappa shape index (κ2) is 12.0. The molecular weight excluding hydrogens is 406 g/mol. The first-order valence-corrected chi connectivity index (χ1v) is 12.1. The van der Waals surface area contributed by atoms with Crippen LogP contribution in [-0.4, -0.2) is 58.5 Å². The Kier molecular flexibility index (Phi) is 9.11. The number of carbonyl (C=O) groups excluding carboxylic acids is 2. The van der Waals surface area contributed by atoms with Gasteiger partial charge < -0.3 is 9.73 Å². The monoisotopic (exact) mass is 433 g/mol. The molecule has 8 heteroatoms. The van der Waals surface area contributed by atoms with Crippen LogP contribution in [0.1, 0.15) is 23.4 Å². The van der Waals surface area contributed by atoms with E-state index >= 15 is 0 Å². The third kappa shape index (κ3) is 8.24. The molecule has 0 unspecified atom stereocenters. The molecule has 6 nitrogen and oxygen atoms in total. The van der Waals surface area contributed by atoms with Gasteiger partial charge in [0.1, 0.15) is 5.76 Å². The molecule has 1 N–H and O–H groups in total. The summed E-state index contributed by atoms with van der Waals surface area (Å²) >= 11 is 3.47. The lowest BCUT2D eigenvalue weighted by molar-refractivity contribution is -0.123. The average Bonchev–Trinajstić information content (AvgIpc) is 3.25. The zero-order chi connectivity index (χ0) is 20.3. The van der Waals surface area contributed by atoms with Crippen molar-refractivity contribution in [2.45, 2.75) is 25.1 Å². The number of pyridine rings is 1. The summed E-state index contributed by atoms with van der Waals surface area (Å²) in [4.78, 5) is 30.8. The van der Waals surface area contributed by atoms with E-state index in [9.17, 15) is 9.59 Å². The first-order chi connectivity index (χ1) is 14.2. The van der Waals surface area contributed by atoms with Gasteiger partial charge in [0, 0.05) is 49.5 Å². The molecule has 1 fully saturated rings. The van der Waals surface area contributed by atoms with Crippen molar-refractivity contribution >= 4 is 35.2 Å². The van der Waals surface area contributed by atoms with E-state index < -0.39 is 0 Å². The molecule has 3 rings (SSSR count). The lowest BCUT2D eigenvalue weighted by atomic mass is 10.1. The van der Waals surface area contributed by atoms with Gasteiger partial charge in [-0.25, -0.2) is 0 Å². The molecule has 1 aliphatic heterocycles. The number of Topliss-reactive ketones (excluding diaryl/α,β-unsaturated/α-hetero) is 1. The Morgan fingerprint density at radius 1 is 1.28 bits per heavy atom. The molecule has 0 radical (unpaired) electrons. The average molecular weight is 434 g/mol. The van der Waals surface area contributed by atoms with Crippen molar-refractivity contribution in [1.29, 1.82) is 0 Å². The van der Waals surface area contributed by atoms with Gasteiger partial charge in [-0.1, -0.05) is 0 Å². The van der Waals surface area contributed by atoms with Crippen molar-refractivity contribution in [3.05, 3.63) is 53.7 Å². The molecule has 3 heterocycles. The first kappa shape index (κ1) is 21.9. The third-order valence-electron chi connectivity index (χ3n) is 4.59. The molecule has 156 valence electrons. The van der Waals surface area contributed by atoms with Crippen LogP contribution in [0.5, 0.6) is 0 Å². The normalized spacial score (nSPS) is 14.6. The van der Waals surface area contributed by atoms with E-state index in [0.717, 1.165) is 31.1 Å². The van der Waals surface area contributed by atoms with E-state index in [2.05, 4.69) is 21.3 Å². The number of thioether (sulfide) groups is 2. The topological polar surface area (TPSA) is 75.4 Å². The predicted octanol–water partition coefficient (Wildman–Crippen LogP) is 2.77. The number of aryl methyl sites for hydroxylation is 1. The Labute approximate surface area is 180 Å². The van der Waals surface area contributed by atoms with Crippen LogP contribution < -0.4 is 5.32 Å². The molecule has 0 atom stereocenters. The van der Waals surface area contributed by atoms with E-state index in [1.54, 1.807) is 6.26 Å². The highest BCUT2D eigenvalue weighted by Gasteiger charge is 2.12. The second-order valence-corrected chi connectivity index (χ2v) is 9.14. The second-order valence-electron chi connectivity index (χ2n) is 6.93. The van der Waals surface area contributed by atoms with Gasteiger partial charge in [-0.2, -0.15) is 11.8 Å². The Hall–Kier alpha value is -1.77. The summed E-state index contributed by atoms with van der Waals surface area (Å²) in [6.45, 7) is 3.27. The van der Waals surface area contributed by atoms with Gasteiger partial charge in [-0.15, -0.1) is 11.8 Å². The minimum Gasteiger partial charge on any atom is -0.468 e. The molecule has 1 saturated heterocycles. The first-order valence-electron chi connectivity index (χ1n) is 9.81. The van der Waals surface area contributed by atoms with Crippen LogP contribution in [0.2, 0.25) is 0 Å². The SMILES string of the molecule is O=C(CCc1cc(CN2CCSCC2)ccn1)CNC(=O)CSCc1ccco1. The van der Waals surface area contributed by atoms with E-state index in [0.29, 0.717) is 24.3 Å². The molecule has 2 aromatic rings. The van der Waals surface area contributed by atoms with Gasteiger partial charge in [0.25, 0.3) is 0 Å². The lowest BCUT2D eigenvalue weighted by Gasteiger charge is -2.26. The molecule has 29 heavy (non-hydrogen) atoms. The van der Waals surface area contributed by atoms with E-state index in [-0.39, 0.29) is 18.2 Å². The summed E-state index contributed by atoms with van der Waals surface area (Å²) in [5.74, 6) is 4.08. The van der Waals surface area contributed by atoms with E-state index in [1.807, 2.05) is 36.2 Å². The van der Waals surface area contributed by atoms with E-state index in [1.165, 1.54) is 28.8 Å². The summed E-state index contributed by atoms with van der Waals surface area (Å²) in [5, 5.41) is 2.70. The zero-order valence-electron chi connectivity index (χ0n) is 16.5. The fraction of sp³-hybridized carbons (Fsp3) is 0.476. The van der Waals surface area contributed by atoms with Crippen LogP contribution in [0.4, 0.5) is 0 Å². The maximum absolute atomic E-state index is 12.1. The molecule has 0 bridgehead atoms. The molecule has 0 aromatic carbocycles. The largest absolute Gasteiger partial charge is 0.468 e. The van der Waals surface area contributed by atoms with Crippen LogP contribution >= 0.6 is 23.5 Å². The number of hydrogen-bond acceptors (Lipinski definition) is 7. The Balaban J connectivity index is 1.32. The number of nitrogens with zero attached hydrogens (tertiary/aromatic N) is 2. The van der Waals surface area contributed by atoms with Crippen molar-refractivity contribution in [3.8, 4) is 0 Å². The van der Waals surface area contributed by atoms with Crippen LogP contribution in [0, 0.1) is 0 Å². The van der Waals surface area contributed by atoms with Crippen LogP contribution in [0.25, 0.3) is 0 Å². The standard InChI is InChI=1S/C21H27N3O3S2/c25-19(13-23-21(26)16-29-15-20-2-1-9-27-20)4-3-18-12-17(5-6-22-18)14-24-7-10-28-11-8-24/h1-2,5-6,9,12H,3-4,7-8,10-11,13-16H2,(H,23,26). The Morgan fingerprint density at radius 2 is 2.14 bits per heavy atom. The van der Waals surface area contributed by atoms with Crippen LogP contribution in [-0.2, 0) is 28.3 Å². The highest BCUT2D eigenvalue weighted by molar-refractivity contribution is 7.99. The molecule has 1 amide bonds. The summed E-state index contributed by atoms with van der Waals surface area (Å²) < 4.78 is 5.22. The number of aromatic nitrogens is 1. The minimum atomic E-state index is -0.130. The molecule has 2 aromatic heterocycles. The lowest BCUT2D eigenvalue weighted by Crippen LogP contribution is -2.32. The van der Waals surface area contributed by atoms with Crippen molar-refractivity contribution in [2.75, 3.05) is 36.9 Å². The summed E-state index contributed by atoms with van der Waals surface area (Å²) in [5.41, 5.74) is 2.18. The van der Waals surface area contributed by atoms with Gasteiger partial charge in [-0.05, 0) is 36.2 Å². The van der Waals surface area contributed by atoms with Crippen molar-refractivity contribution in [1.82, 2.24) is 15.2 Å². The van der Waals surface area contributed by atoms with Gasteiger partial charge in [-0.3, -0.25) is 19.5 Å². The van der Waals surface area contributed by atoms with Crippen LogP contribution in [0.3, 0.4) is 0 Å². The third-order valence-corrected chi connectivity index (χ3v) is 6.49. The highest BCUT2D eigenvalue weighted by atomic mass is 32.2. The van der Waals surface area contributed by atoms with Gasteiger partial charge >= 0.3 is 0 Å². The number of nitrogens with one attached hydrogen (secondary N) is 1. The van der Waals surface area contributed by atoms with Crippen molar-refractivity contribution in [2.24, 2.45) is 0 Å². The number of amides is 1. The quantitative estimate of drug-likeness (QED) is 0.584. The number of furan rings is 1. The Bertz CT molecular complexity index is 777. The Morgan fingerprint density at radius 3 is 2.93 bits per heavy atom. The van der Waals surface area contributed by atoms with Crippen molar-refractivity contribution in [3.63, 3.8) is 0 Å². The molecule has 0 aliphatic carbocycles. The number of carbonyl (C=O) groups is 2. The summed E-state index contributed by atoms with van der Waals surface area (Å²) in [6.07, 6.45) is 4.43. The minimum absolute atomic E-state index is 0.0228. The number of rotatable bonds is 11. The fourth-order valence-electron chi connectivity index (χ4n) is 3.02. The summed E-state index contributed by atoms with van der Waals surface area (Å²) in [7, 11) is 0. The van der Waals surface area contributed by atoms with Gasteiger partial charge in [0.2, 0.25) is 5.91 Å². The van der Waals surface area contributed by atoms with E-state index in [4.69, 9.17) is 4.42 Å². The smallest absolute Gasteiger partial charge is 0.230 e. The summed E-state index contributed by atoms with van der Waals surface area (Å²) in [6, 6.07) is 7.85. The predicted molar refractivity (Wildman–Crippen MR) is 118 cm³/mol. The van der Waals surface area contributed by atoms with Crippen molar-refractivity contribution < 1.29 is 14.0 Å². The molecule has 1 aliphatic rings. The van der Waals surface area contributed by atoms with Gasteiger partial charge in [0.05, 0.1) is 24.3 Å². The molecule has 0 saturated carbocycles. The highest BCUT2D eigenvalue weighted by Crippen LogP contribution is 2.14. The molecule has 0 spiro atoms. The number of hydrogen-bond donors (Lipinski definition) is 1.